The SMILES string of the molecule is COCOc1cc([C@H](COC(C)=O)N(C(=O)[C@H](Cc2cc(C)c(OC)c(OCc3ccccc3)c2I)N=C([O-])OC(C)(C)C)C(C)C(=O)Nc2ccc(OC)cc2)c2c(c1C)OCO2. The highest BCUT2D eigenvalue weighted by Crippen LogP contribution is 2.48. The first kappa shape index (κ1) is 49.1. The number of esters is 1. The normalized spacial score (nSPS) is 13.6. The van der Waals surface area contributed by atoms with Gasteiger partial charge in [-0.05, 0) is 90.4 Å². The Morgan fingerprint density at radius 1 is 0.938 bits per heavy atom. The molecule has 5 rings (SSSR count). The lowest BCUT2D eigenvalue weighted by molar-refractivity contribution is -0.261. The summed E-state index contributed by atoms with van der Waals surface area (Å²) < 4.78 is 52.4. The lowest BCUT2D eigenvalue weighted by Gasteiger charge is -2.38. The van der Waals surface area contributed by atoms with Gasteiger partial charge in [-0.25, -0.2) is 0 Å². The number of anilines is 1. The van der Waals surface area contributed by atoms with E-state index in [9.17, 15) is 14.7 Å². The van der Waals surface area contributed by atoms with Crippen molar-refractivity contribution < 1.29 is 62.1 Å². The molecule has 4 aromatic rings. The van der Waals surface area contributed by atoms with E-state index in [0.717, 1.165) is 5.56 Å². The minimum atomic E-state index is -1.52. The maximum absolute atomic E-state index is 15.7. The molecule has 0 bridgehead atoms. The molecule has 1 aliphatic rings. The second-order valence-corrected chi connectivity index (χ2v) is 16.9. The summed E-state index contributed by atoms with van der Waals surface area (Å²) in [6, 6.07) is 15.6. The second-order valence-electron chi connectivity index (χ2n) is 15.8. The number of nitrogens with one attached hydrogen (secondary N) is 1. The molecule has 16 nitrogen and oxygen atoms in total. The van der Waals surface area contributed by atoms with Gasteiger partial charge in [0.05, 0.1) is 23.8 Å². The summed E-state index contributed by atoms with van der Waals surface area (Å²) in [6.45, 7) is 10.9. The Morgan fingerprint density at radius 2 is 1.62 bits per heavy atom. The van der Waals surface area contributed by atoms with Crippen LogP contribution in [0.4, 0.5) is 5.69 Å². The number of hydrogen-bond acceptors (Lipinski definition) is 14. The van der Waals surface area contributed by atoms with Crippen LogP contribution in [0.25, 0.3) is 0 Å². The van der Waals surface area contributed by atoms with E-state index < -0.39 is 54.2 Å². The lowest BCUT2D eigenvalue weighted by atomic mass is 9.96. The summed E-state index contributed by atoms with van der Waals surface area (Å²) in [7, 11) is 4.53. The molecular formula is C47H55IN3O13-. The quantitative estimate of drug-likeness (QED) is 0.0340. The molecule has 0 fully saturated rings. The van der Waals surface area contributed by atoms with Gasteiger partial charge < -0.3 is 58.0 Å². The number of halogens is 1. The first-order chi connectivity index (χ1) is 30.5. The molecule has 2 amide bonds. The standard InChI is InChI=1S/C47H56IN3O13/c1-27-20-32(39(48)43(40(27)58-10)60-23-31-14-12-11-13-15-31)21-36(50-46(55)64-47(5,6)7)45(54)51(29(3)44(53)49-33-16-18-34(57-9)19-17-33)37(24-59-30(4)52)35-22-38(61-25-56-8)28(2)41-42(35)63-26-62-41/h11-20,22,29,36-37H,21,23-26H2,1-10H3,(H,49,53)(H,50,55)/p-1/t29?,36-,37-/m0/s1. The highest BCUT2D eigenvalue weighted by Gasteiger charge is 2.41. The van der Waals surface area contributed by atoms with Gasteiger partial charge in [0.1, 0.15) is 42.9 Å². The number of benzene rings is 4. The molecule has 0 saturated carbocycles. The zero-order chi connectivity index (χ0) is 46.7. The van der Waals surface area contributed by atoms with Crippen LogP contribution in [0.1, 0.15) is 68.5 Å². The average molecular weight is 997 g/mol. The predicted octanol–water partition coefficient (Wildman–Crippen LogP) is 6.82. The monoisotopic (exact) mass is 996 g/mol. The van der Waals surface area contributed by atoms with Gasteiger partial charge in [0.15, 0.2) is 29.8 Å². The molecule has 0 aliphatic carbocycles. The van der Waals surface area contributed by atoms with Gasteiger partial charge in [-0.15, -0.1) is 0 Å². The van der Waals surface area contributed by atoms with E-state index >= 15 is 4.79 Å². The van der Waals surface area contributed by atoms with Gasteiger partial charge in [-0.1, -0.05) is 57.2 Å². The van der Waals surface area contributed by atoms with Crippen molar-refractivity contribution in [1.82, 2.24) is 4.90 Å². The van der Waals surface area contributed by atoms with Gasteiger partial charge in [-0.3, -0.25) is 19.4 Å². The van der Waals surface area contributed by atoms with Crippen molar-refractivity contribution in [3.8, 4) is 34.5 Å². The predicted molar refractivity (Wildman–Crippen MR) is 244 cm³/mol. The molecule has 1 unspecified atom stereocenters. The average Bonchev–Trinajstić information content (AvgIpc) is 3.76. The summed E-state index contributed by atoms with van der Waals surface area (Å²) in [5, 5.41) is 16.6. The van der Waals surface area contributed by atoms with Crippen LogP contribution in [0.15, 0.2) is 71.7 Å². The second kappa shape index (κ2) is 22.1. The first-order valence-electron chi connectivity index (χ1n) is 20.4. The van der Waals surface area contributed by atoms with E-state index in [4.69, 9.17) is 42.6 Å². The smallest absolute Gasteiger partial charge is 0.302 e. The molecule has 64 heavy (non-hydrogen) atoms. The fourth-order valence-electron chi connectivity index (χ4n) is 6.96. The lowest BCUT2D eigenvalue weighted by Crippen LogP contribution is -2.52. The molecule has 344 valence electrons. The zero-order valence-electron chi connectivity index (χ0n) is 37.7. The Hall–Kier alpha value is -5.95. The maximum Gasteiger partial charge on any atom is 0.302 e. The molecule has 0 aromatic heterocycles. The van der Waals surface area contributed by atoms with E-state index in [1.165, 1.54) is 33.0 Å². The topological polar surface area (TPSA) is 185 Å². The highest BCUT2D eigenvalue weighted by atomic mass is 127. The number of carbonyl (C=O) groups excluding carboxylic acids is 3. The van der Waals surface area contributed by atoms with Crippen LogP contribution in [0, 0.1) is 17.4 Å². The maximum atomic E-state index is 15.7. The molecular weight excluding hydrogens is 941 g/mol. The van der Waals surface area contributed by atoms with Crippen LogP contribution in [0.5, 0.6) is 34.5 Å². The number of aryl methyl sites for hydroxylation is 1. The van der Waals surface area contributed by atoms with Crippen molar-refractivity contribution in [3.63, 3.8) is 0 Å². The molecule has 4 aromatic carbocycles. The van der Waals surface area contributed by atoms with E-state index in [0.29, 0.717) is 54.7 Å². The largest absolute Gasteiger partial charge is 0.595 e. The Morgan fingerprint density at radius 3 is 2.25 bits per heavy atom. The number of ether oxygens (including phenoxy) is 9. The van der Waals surface area contributed by atoms with Crippen molar-refractivity contribution >= 4 is 52.1 Å². The minimum Gasteiger partial charge on any atom is -0.595 e. The van der Waals surface area contributed by atoms with E-state index in [-0.39, 0.29) is 37.9 Å². The van der Waals surface area contributed by atoms with Crippen molar-refractivity contribution in [2.75, 3.05) is 46.8 Å². The molecule has 1 aliphatic heterocycles. The number of rotatable bonds is 19. The Bertz CT molecular complexity index is 2300. The molecule has 1 N–H and O–H groups in total. The van der Waals surface area contributed by atoms with Crippen LogP contribution in [0.3, 0.4) is 0 Å². The third-order valence-corrected chi connectivity index (χ3v) is 11.2. The molecule has 17 heteroatoms. The van der Waals surface area contributed by atoms with Crippen molar-refractivity contribution in [3.05, 3.63) is 98.1 Å². The number of methoxy groups -OCH3 is 3. The van der Waals surface area contributed by atoms with Gasteiger partial charge in [0, 0.05) is 42.9 Å². The molecule has 1 heterocycles. The molecule has 3 atom stereocenters. The number of amides is 2. The third-order valence-electron chi connectivity index (χ3n) is 9.97. The Balaban J connectivity index is 1.71. The van der Waals surface area contributed by atoms with Gasteiger partial charge in [0.25, 0.3) is 0 Å². The van der Waals surface area contributed by atoms with Gasteiger partial charge in [-0.2, -0.15) is 0 Å². The van der Waals surface area contributed by atoms with Crippen molar-refractivity contribution in [2.24, 2.45) is 4.99 Å². The fourth-order valence-corrected chi connectivity index (χ4v) is 7.73. The minimum absolute atomic E-state index is 0.133. The fraction of sp³-hybridized carbons (Fsp3) is 0.404. The van der Waals surface area contributed by atoms with E-state index in [1.54, 1.807) is 65.1 Å². The first-order valence-corrected chi connectivity index (χ1v) is 21.5. The summed E-state index contributed by atoms with van der Waals surface area (Å²) >= 11 is 2.13. The number of carbonyl (C=O) groups is 3. The van der Waals surface area contributed by atoms with Crippen LogP contribution in [-0.4, -0.2) is 88.0 Å². The van der Waals surface area contributed by atoms with Gasteiger partial charge >= 0.3 is 5.97 Å². The summed E-state index contributed by atoms with van der Waals surface area (Å²) in [5.74, 6) is 0.290. The van der Waals surface area contributed by atoms with Crippen LogP contribution in [-0.2, 0) is 41.6 Å². The number of aliphatic imine (C=N–C) groups is 1. The molecule has 0 radical (unpaired) electrons. The van der Waals surface area contributed by atoms with Crippen molar-refractivity contribution in [2.45, 2.75) is 85.2 Å². The number of nitrogens with zero attached hydrogens (tertiary/aromatic N) is 2. The third kappa shape index (κ3) is 12.4. The Kier molecular flexibility index (Phi) is 16.9. The molecule has 0 spiro atoms. The van der Waals surface area contributed by atoms with Gasteiger partial charge in [0.2, 0.25) is 18.6 Å². The van der Waals surface area contributed by atoms with Crippen LogP contribution in [0.2, 0.25) is 0 Å². The van der Waals surface area contributed by atoms with Crippen LogP contribution >= 0.6 is 22.6 Å². The Labute approximate surface area is 387 Å². The van der Waals surface area contributed by atoms with Crippen LogP contribution < -0.4 is 38.8 Å². The summed E-state index contributed by atoms with van der Waals surface area (Å²) in [5.41, 5.74) is 2.49. The summed E-state index contributed by atoms with van der Waals surface area (Å²) in [4.78, 5) is 48.5. The van der Waals surface area contributed by atoms with E-state index in [2.05, 4.69) is 32.9 Å². The number of fused-ring (bicyclic) bond motifs is 1. The highest BCUT2D eigenvalue weighted by molar-refractivity contribution is 14.1. The summed E-state index contributed by atoms with van der Waals surface area (Å²) in [6.07, 6.45) is -1.18. The zero-order valence-corrected chi connectivity index (χ0v) is 39.9. The van der Waals surface area contributed by atoms with Crippen molar-refractivity contribution in [1.29, 1.82) is 0 Å². The van der Waals surface area contributed by atoms with E-state index in [1.807, 2.05) is 43.3 Å². The molecule has 0 saturated heterocycles. The number of hydrogen-bond donors (Lipinski definition) is 1.